The van der Waals surface area contributed by atoms with Crippen molar-refractivity contribution in [3.8, 4) is 28.2 Å². The molecule has 2 atom stereocenters. The Morgan fingerprint density at radius 2 is 0.952 bits per heavy atom. The second-order valence-electron chi connectivity index (χ2n) is 16.3. The molecule has 12 rings (SSSR count). The Morgan fingerprint density at radius 1 is 0.452 bits per heavy atom. The van der Waals surface area contributed by atoms with Gasteiger partial charge in [-0.15, -0.1) is 0 Å². The molecule has 11 aromatic rings. The number of para-hydroxylation sites is 4. The minimum absolute atomic E-state index is 0.138. The highest BCUT2D eigenvalue weighted by Gasteiger charge is 2.32. The third-order valence-corrected chi connectivity index (χ3v) is 12.7. The zero-order valence-corrected chi connectivity index (χ0v) is 34.2. The lowest BCUT2D eigenvalue weighted by atomic mass is 9.79. The molecule has 5 nitrogen and oxygen atoms in total. The summed E-state index contributed by atoms with van der Waals surface area (Å²) >= 11 is 0. The van der Waals surface area contributed by atoms with Crippen molar-refractivity contribution in [3.05, 3.63) is 229 Å². The van der Waals surface area contributed by atoms with Gasteiger partial charge in [-0.2, -0.15) is 0 Å². The maximum absolute atomic E-state index is 5.45. The molecular weight excluding hydrogens is 755 g/mol. The number of imidazole rings is 1. The molecule has 0 N–H and O–H groups in total. The van der Waals surface area contributed by atoms with E-state index >= 15 is 0 Å². The van der Waals surface area contributed by atoms with Crippen molar-refractivity contribution < 1.29 is 0 Å². The van der Waals surface area contributed by atoms with Gasteiger partial charge in [-0.25, -0.2) is 9.97 Å². The van der Waals surface area contributed by atoms with Crippen molar-refractivity contribution >= 4 is 61.6 Å². The molecule has 0 bridgehead atoms. The molecule has 0 aliphatic heterocycles. The standard InChI is InChI=1S/C57H41N5/c1-38-47(36-37-49-48-18-9-12-22-53(48)61(55(38)49)57-59-51-20-10-8-19-50(51)56-58-52-21-11-13-23-54(52)62(56)57)43-28-34-46(35-29-43)60(44-30-24-41(25-31-44)39-14-4-2-5-15-39)45-32-26-42(27-33-45)40-16-6-3-7-17-40/h2-38,47H,1H3. The van der Waals surface area contributed by atoms with Crippen LogP contribution in [0, 0.1) is 0 Å². The van der Waals surface area contributed by atoms with Gasteiger partial charge in [-0.05, 0) is 94.5 Å². The summed E-state index contributed by atoms with van der Waals surface area (Å²) in [6.45, 7) is 2.37. The highest BCUT2D eigenvalue weighted by Crippen LogP contribution is 2.46. The molecule has 1 aliphatic rings. The van der Waals surface area contributed by atoms with E-state index in [0.717, 1.165) is 56.1 Å². The second-order valence-corrected chi connectivity index (χ2v) is 16.3. The van der Waals surface area contributed by atoms with Crippen molar-refractivity contribution in [2.24, 2.45) is 0 Å². The molecule has 0 fully saturated rings. The first kappa shape index (κ1) is 35.9. The summed E-state index contributed by atoms with van der Waals surface area (Å²) in [5, 5.41) is 2.26. The first-order valence-electron chi connectivity index (χ1n) is 21.4. The monoisotopic (exact) mass is 795 g/mol. The molecule has 294 valence electrons. The van der Waals surface area contributed by atoms with Crippen LogP contribution in [0.1, 0.15) is 35.6 Å². The molecule has 3 heterocycles. The molecular formula is C57H41N5. The van der Waals surface area contributed by atoms with Crippen molar-refractivity contribution in [1.29, 1.82) is 0 Å². The van der Waals surface area contributed by atoms with Crippen molar-refractivity contribution in [2.45, 2.75) is 18.8 Å². The topological polar surface area (TPSA) is 38.4 Å². The minimum atomic E-state index is 0.138. The van der Waals surface area contributed by atoms with Gasteiger partial charge in [-0.1, -0.05) is 159 Å². The van der Waals surface area contributed by atoms with Gasteiger partial charge in [-0.3, -0.25) is 8.97 Å². The van der Waals surface area contributed by atoms with Gasteiger partial charge in [0.25, 0.3) is 0 Å². The third-order valence-electron chi connectivity index (χ3n) is 12.7. The number of hydrogen-bond acceptors (Lipinski definition) is 3. The van der Waals surface area contributed by atoms with Crippen molar-refractivity contribution in [3.63, 3.8) is 0 Å². The number of hydrogen-bond donors (Lipinski definition) is 0. The normalized spacial score (nSPS) is 14.8. The van der Waals surface area contributed by atoms with Crippen LogP contribution in [0.2, 0.25) is 0 Å². The number of rotatable bonds is 7. The van der Waals surface area contributed by atoms with E-state index in [9.17, 15) is 0 Å². The fraction of sp³-hybridized carbons (Fsp3) is 0.0526. The highest BCUT2D eigenvalue weighted by atomic mass is 15.2. The second kappa shape index (κ2) is 14.6. The van der Waals surface area contributed by atoms with Crippen molar-refractivity contribution in [2.75, 3.05) is 4.90 Å². The predicted molar refractivity (Wildman–Crippen MR) is 257 cm³/mol. The molecule has 0 saturated carbocycles. The summed E-state index contributed by atoms with van der Waals surface area (Å²) in [4.78, 5) is 13.0. The highest BCUT2D eigenvalue weighted by molar-refractivity contribution is 5.99. The Hall–Kier alpha value is -8.02. The molecule has 0 saturated heterocycles. The average molecular weight is 796 g/mol. The van der Waals surface area contributed by atoms with Gasteiger partial charge in [0.15, 0.2) is 0 Å². The van der Waals surface area contributed by atoms with Crippen LogP contribution in [-0.2, 0) is 0 Å². The number of fused-ring (bicyclic) bond motifs is 8. The summed E-state index contributed by atoms with van der Waals surface area (Å²) in [5.41, 5.74) is 16.9. The van der Waals surface area contributed by atoms with Crippen LogP contribution in [0.4, 0.5) is 17.1 Å². The fourth-order valence-electron chi connectivity index (χ4n) is 9.70. The number of aromatic nitrogens is 4. The van der Waals surface area contributed by atoms with Gasteiger partial charge >= 0.3 is 0 Å². The smallest absolute Gasteiger partial charge is 0.221 e. The number of benzene rings is 8. The quantitative estimate of drug-likeness (QED) is 0.161. The minimum Gasteiger partial charge on any atom is -0.311 e. The van der Waals surface area contributed by atoms with E-state index in [0.29, 0.717) is 0 Å². The van der Waals surface area contributed by atoms with E-state index in [2.05, 4.69) is 239 Å². The summed E-state index contributed by atoms with van der Waals surface area (Å²) in [6, 6.07) is 73.7. The zero-order valence-electron chi connectivity index (χ0n) is 34.2. The SMILES string of the molecule is CC1c2c(c3ccccc3n2-c2nc3ccccc3c3nc4ccccc4n23)C=CC1c1ccc(N(c2ccc(-c3ccccc3)cc2)c2ccc(-c3ccccc3)cc2)cc1. The molecule has 0 radical (unpaired) electrons. The van der Waals surface area contributed by atoms with E-state index in [1.165, 1.54) is 44.5 Å². The summed E-state index contributed by atoms with van der Waals surface area (Å²) in [7, 11) is 0. The summed E-state index contributed by atoms with van der Waals surface area (Å²) < 4.78 is 4.67. The first-order chi connectivity index (χ1) is 30.7. The van der Waals surface area contributed by atoms with Crippen LogP contribution in [0.3, 0.4) is 0 Å². The predicted octanol–water partition coefficient (Wildman–Crippen LogP) is 14.7. The van der Waals surface area contributed by atoms with E-state index in [-0.39, 0.29) is 11.8 Å². The van der Waals surface area contributed by atoms with E-state index in [4.69, 9.17) is 9.97 Å². The molecule has 0 spiro atoms. The van der Waals surface area contributed by atoms with Gasteiger partial charge in [0.1, 0.15) is 5.65 Å². The number of anilines is 3. The Bertz CT molecular complexity index is 3370. The van der Waals surface area contributed by atoms with Gasteiger partial charge in [0.05, 0.1) is 22.1 Å². The van der Waals surface area contributed by atoms with Crippen LogP contribution in [0.15, 0.2) is 212 Å². The molecule has 0 amide bonds. The molecule has 2 unspecified atom stereocenters. The molecule has 1 aliphatic carbocycles. The van der Waals surface area contributed by atoms with Crippen LogP contribution < -0.4 is 4.90 Å². The fourth-order valence-corrected chi connectivity index (χ4v) is 9.70. The Balaban J connectivity index is 0.956. The summed E-state index contributed by atoms with van der Waals surface area (Å²) in [6.07, 6.45) is 4.74. The van der Waals surface area contributed by atoms with E-state index in [1.54, 1.807) is 0 Å². The lowest BCUT2D eigenvalue weighted by Crippen LogP contribution is -2.17. The number of nitrogens with zero attached hydrogens (tertiary/aromatic N) is 5. The molecule has 8 aromatic carbocycles. The number of allylic oxidation sites excluding steroid dienone is 1. The molecule has 5 heteroatoms. The third kappa shape index (κ3) is 5.85. The van der Waals surface area contributed by atoms with Crippen LogP contribution in [0.25, 0.3) is 72.8 Å². The van der Waals surface area contributed by atoms with Gasteiger partial charge < -0.3 is 4.90 Å². The van der Waals surface area contributed by atoms with Crippen LogP contribution >= 0.6 is 0 Å². The first-order valence-corrected chi connectivity index (χ1v) is 21.4. The largest absolute Gasteiger partial charge is 0.311 e. The Morgan fingerprint density at radius 3 is 1.58 bits per heavy atom. The molecule has 62 heavy (non-hydrogen) atoms. The van der Waals surface area contributed by atoms with Crippen molar-refractivity contribution in [1.82, 2.24) is 18.9 Å². The van der Waals surface area contributed by atoms with Crippen LogP contribution in [-0.4, -0.2) is 18.9 Å². The Kier molecular flexibility index (Phi) is 8.46. The summed E-state index contributed by atoms with van der Waals surface area (Å²) in [5.74, 6) is 1.13. The average Bonchev–Trinajstić information content (AvgIpc) is 3.90. The maximum Gasteiger partial charge on any atom is 0.221 e. The van der Waals surface area contributed by atoms with Gasteiger partial charge in [0.2, 0.25) is 5.95 Å². The Labute approximate surface area is 360 Å². The maximum atomic E-state index is 5.45. The lowest BCUT2D eigenvalue weighted by molar-refractivity contribution is 0.633. The molecule has 3 aromatic heterocycles. The van der Waals surface area contributed by atoms with Crippen LogP contribution in [0.5, 0.6) is 0 Å². The zero-order chi connectivity index (χ0) is 41.1. The lowest BCUT2D eigenvalue weighted by Gasteiger charge is -2.29. The van der Waals surface area contributed by atoms with Gasteiger partial charge in [0, 0.05) is 50.9 Å². The van der Waals surface area contributed by atoms with E-state index < -0.39 is 0 Å². The van der Waals surface area contributed by atoms with E-state index in [1.807, 2.05) is 0 Å².